The molecule has 0 saturated heterocycles. The third-order valence-corrected chi connectivity index (χ3v) is 4.27. The normalized spacial score (nSPS) is 14.3. The van der Waals surface area contributed by atoms with Crippen molar-refractivity contribution in [2.24, 2.45) is 11.7 Å². The number of furan rings is 1. The summed E-state index contributed by atoms with van der Waals surface area (Å²) >= 11 is 0. The molecule has 7 heteroatoms. The Hall–Kier alpha value is -2.31. The molecule has 0 aliphatic heterocycles. The molecule has 2 amide bonds. The van der Waals surface area contributed by atoms with E-state index in [1.165, 1.54) is 11.2 Å². The summed E-state index contributed by atoms with van der Waals surface area (Å²) in [4.78, 5) is 26.3. The first-order valence-corrected chi connectivity index (χ1v) is 8.02. The van der Waals surface area contributed by atoms with Crippen molar-refractivity contribution in [1.82, 2.24) is 5.32 Å². The minimum atomic E-state index is -0.310. The van der Waals surface area contributed by atoms with Gasteiger partial charge >= 0.3 is 0 Å². The monoisotopic (exact) mass is 363 g/mol. The average Bonchev–Trinajstić information content (AvgIpc) is 3.32. The van der Waals surface area contributed by atoms with Gasteiger partial charge < -0.3 is 20.4 Å². The molecule has 3 N–H and O–H groups in total. The van der Waals surface area contributed by atoms with Gasteiger partial charge in [-0.05, 0) is 43.0 Å². The molecule has 1 aliphatic carbocycles. The molecule has 6 nitrogen and oxygen atoms in total. The standard InChI is InChI=1S/C18H21N3O3.ClH/c1-21(18(23)16-7-4-10-24-16)15-6-3-2-5-13(15)17(22)20-11-14(19)12-8-9-12;/h2-7,10,12,14H,8-9,11,19H2,1H3,(H,20,22);1H. The summed E-state index contributed by atoms with van der Waals surface area (Å²) in [5, 5.41) is 2.86. The van der Waals surface area contributed by atoms with Crippen LogP contribution in [0.25, 0.3) is 0 Å². The van der Waals surface area contributed by atoms with Crippen molar-refractivity contribution in [1.29, 1.82) is 0 Å². The van der Waals surface area contributed by atoms with Gasteiger partial charge in [0.05, 0.1) is 17.5 Å². The Balaban J connectivity index is 0.00000225. The van der Waals surface area contributed by atoms with Crippen LogP contribution in [0.4, 0.5) is 5.69 Å². The number of halogens is 1. The van der Waals surface area contributed by atoms with Crippen LogP contribution in [0.5, 0.6) is 0 Å². The van der Waals surface area contributed by atoms with Crippen molar-refractivity contribution in [3.8, 4) is 0 Å². The summed E-state index contributed by atoms with van der Waals surface area (Å²) in [5.41, 5.74) is 6.98. The lowest BCUT2D eigenvalue weighted by atomic mass is 10.1. The van der Waals surface area contributed by atoms with Crippen LogP contribution in [0.2, 0.25) is 0 Å². The van der Waals surface area contributed by atoms with Crippen molar-refractivity contribution in [3.63, 3.8) is 0 Å². The second kappa shape index (κ2) is 8.18. The van der Waals surface area contributed by atoms with E-state index in [1.807, 2.05) is 0 Å². The number of hydrogen-bond donors (Lipinski definition) is 2. The summed E-state index contributed by atoms with van der Waals surface area (Å²) in [6.45, 7) is 0.438. The number of para-hydroxylation sites is 1. The molecule has 0 radical (unpaired) electrons. The van der Waals surface area contributed by atoms with E-state index in [-0.39, 0.29) is 36.0 Å². The number of amides is 2. The zero-order valence-electron chi connectivity index (χ0n) is 14.0. The Morgan fingerprint density at radius 2 is 2.00 bits per heavy atom. The number of carbonyl (C=O) groups excluding carboxylic acids is 2. The van der Waals surface area contributed by atoms with Crippen molar-refractivity contribution < 1.29 is 14.0 Å². The maximum atomic E-state index is 12.5. The number of benzene rings is 1. The van der Waals surface area contributed by atoms with E-state index in [2.05, 4.69) is 5.32 Å². The lowest BCUT2D eigenvalue weighted by molar-refractivity contribution is 0.0950. The molecule has 1 aromatic heterocycles. The smallest absolute Gasteiger partial charge is 0.293 e. The molecule has 0 bridgehead atoms. The van der Waals surface area contributed by atoms with Gasteiger partial charge in [-0.15, -0.1) is 12.4 Å². The highest BCUT2D eigenvalue weighted by Crippen LogP contribution is 2.31. The molecule has 1 atom stereocenters. The first-order chi connectivity index (χ1) is 11.6. The van der Waals surface area contributed by atoms with Gasteiger partial charge in [0.1, 0.15) is 0 Å². The first kappa shape index (κ1) is 19.0. The highest BCUT2D eigenvalue weighted by molar-refractivity contribution is 6.09. The van der Waals surface area contributed by atoms with Crippen LogP contribution in [-0.4, -0.2) is 31.4 Å². The fourth-order valence-corrected chi connectivity index (χ4v) is 2.63. The predicted molar refractivity (Wildman–Crippen MR) is 98.2 cm³/mol. The summed E-state index contributed by atoms with van der Waals surface area (Å²) in [6.07, 6.45) is 3.71. The molecule has 0 spiro atoms. The molecule has 3 rings (SSSR count). The number of hydrogen-bond acceptors (Lipinski definition) is 4. The van der Waals surface area contributed by atoms with Gasteiger partial charge in [0.15, 0.2) is 5.76 Å². The van der Waals surface area contributed by atoms with E-state index in [4.69, 9.17) is 10.2 Å². The number of carbonyl (C=O) groups is 2. The third-order valence-electron chi connectivity index (χ3n) is 4.27. The zero-order chi connectivity index (χ0) is 17.1. The van der Waals surface area contributed by atoms with Crippen LogP contribution in [0.15, 0.2) is 47.1 Å². The quantitative estimate of drug-likeness (QED) is 0.825. The third kappa shape index (κ3) is 4.41. The molecule has 1 aliphatic rings. The van der Waals surface area contributed by atoms with Crippen molar-refractivity contribution in [3.05, 3.63) is 54.0 Å². The number of nitrogens with one attached hydrogen (secondary N) is 1. The molecule has 1 heterocycles. The van der Waals surface area contributed by atoms with Crippen LogP contribution < -0.4 is 16.0 Å². The van der Waals surface area contributed by atoms with Crippen LogP contribution in [0.1, 0.15) is 33.8 Å². The minimum absolute atomic E-state index is 0. The largest absolute Gasteiger partial charge is 0.459 e. The van der Waals surface area contributed by atoms with E-state index in [0.717, 1.165) is 12.8 Å². The van der Waals surface area contributed by atoms with Crippen LogP contribution in [0, 0.1) is 5.92 Å². The molecule has 2 aromatic rings. The number of anilines is 1. The Morgan fingerprint density at radius 3 is 2.64 bits per heavy atom. The molecule has 1 fully saturated rings. The predicted octanol–water partition coefficient (Wildman–Crippen LogP) is 2.45. The van der Waals surface area contributed by atoms with Gasteiger partial charge in [-0.2, -0.15) is 0 Å². The maximum absolute atomic E-state index is 12.5. The first-order valence-electron chi connectivity index (χ1n) is 8.02. The summed E-state index contributed by atoms with van der Waals surface area (Å²) < 4.78 is 5.14. The van der Waals surface area contributed by atoms with Crippen LogP contribution in [-0.2, 0) is 0 Å². The van der Waals surface area contributed by atoms with Crippen LogP contribution in [0.3, 0.4) is 0 Å². The Morgan fingerprint density at radius 1 is 1.28 bits per heavy atom. The molecule has 25 heavy (non-hydrogen) atoms. The van der Waals surface area contributed by atoms with Crippen molar-refractivity contribution in [2.45, 2.75) is 18.9 Å². The number of nitrogens with two attached hydrogens (primary N) is 1. The van der Waals surface area contributed by atoms with Gasteiger partial charge in [-0.1, -0.05) is 12.1 Å². The molecular formula is C18H22ClN3O3. The number of nitrogens with zero attached hydrogens (tertiary/aromatic N) is 1. The molecule has 134 valence electrons. The van der Waals surface area contributed by atoms with Gasteiger partial charge in [0.2, 0.25) is 0 Å². The van der Waals surface area contributed by atoms with E-state index in [9.17, 15) is 9.59 Å². The van der Waals surface area contributed by atoms with Crippen molar-refractivity contribution in [2.75, 3.05) is 18.5 Å². The maximum Gasteiger partial charge on any atom is 0.293 e. The second-order valence-corrected chi connectivity index (χ2v) is 6.07. The Kier molecular flexibility index (Phi) is 6.22. The van der Waals surface area contributed by atoms with E-state index < -0.39 is 0 Å². The molecule has 1 unspecified atom stereocenters. The van der Waals surface area contributed by atoms with Crippen LogP contribution >= 0.6 is 12.4 Å². The summed E-state index contributed by atoms with van der Waals surface area (Å²) in [5.74, 6) is 0.197. The van der Waals surface area contributed by atoms with E-state index in [0.29, 0.717) is 23.7 Å². The minimum Gasteiger partial charge on any atom is -0.459 e. The Bertz CT molecular complexity index is 729. The van der Waals surface area contributed by atoms with Gasteiger partial charge in [-0.3, -0.25) is 9.59 Å². The lowest BCUT2D eigenvalue weighted by Gasteiger charge is -2.20. The van der Waals surface area contributed by atoms with Gasteiger partial charge in [-0.25, -0.2) is 0 Å². The SMILES string of the molecule is CN(C(=O)c1ccco1)c1ccccc1C(=O)NCC(N)C1CC1.Cl. The Labute approximate surface area is 152 Å². The fourth-order valence-electron chi connectivity index (χ4n) is 2.63. The van der Waals surface area contributed by atoms with Gasteiger partial charge in [0, 0.05) is 19.6 Å². The number of rotatable bonds is 6. The lowest BCUT2D eigenvalue weighted by Crippen LogP contribution is -2.39. The van der Waals surface area contributed by atoms with Crippen molar-refractivity contribution >= 4 is 29.9 Å². The highest BCUT2D eigenvalue weighted by Gasteiger charge is 2.29. The second-order valence-electron chi connectivity index (χ2n) is 6.07. The molecule has 1 saturated carbocycles. The summed E-state index contributed by atoms with van der Waals surface area (Å²) in [6, 6.07) is 10.2. The van der Waals surface area contributed by atoms with Gasteiger partial charge in [0.25, 0.3) is 11.8 Å². The fraction of sp³-hybridized carbons (Fsp3) is 0.333. The highest BCUT2D eigenvalue weighted by atomic mass is 35.5. The zero-order valence-corrected chi connectivity index (χ0v) is 14.8. The molecular weight excluding hydrogens is 342 g/mol. The average molecular weight is 364 g/mol. The van der Waals surface area contributed by atoms with E-state index in [1.54, 1.807) is 43.4 Å². The molecule has 1 aromatic carbocycles. The topological polar surface area (TPSA) is 88.6 Å². The summed E-state index contributed by atoms with van der Waals surface area (Å²) in [7, 11) is 1.62. The van der Waals surface area contributed by atoms with E-state index >= 15 is 0 Å².